The molecule has 0 aliphatic rings. The second-order valence-corrected chi connectivity index (χ2v) is 4.82. The van der Waals surface area contributed by atoms with Gasteiger partial charge in [-0.05, 0) is 13.2 Å². The van der Waals surface area contributed by atoms with Gasteiger partial charge in [-0.1, -0.05) is 21.6 Å². The molecule has 0 radical (unpaired) electrons. The summed E-state index contributed by atoms with van der Waals surface area (Å²) in [6.07, 6.45) is 1.92. The highest BCUT2D eigenvalue weighted by Gasteiger charge is 2.01. The zero-order chi connectivity index (χ0) is 7.28. The van der Waals surface area contributed by atoms with E-state index in [1.165, 1.54) is 10.8 Å². The molecule has 0 saturated heterocycles. The van der Waals surface area contributed by atoms with Crippen LogP contribution in [0.3, 0.4) is 0 Å². The van der Waals surface area contributed by atoms with Crippen LogP contribution < -0.4 is 4.72 Å². The highest BCUT2D eigenvalue weighted by atomic mass is 33.1. The van der Waals surface area contributed by atoms with Crippen LogP contribution in [0.1, 0.15) is 6.92 Å². The first kappa shape index (κ1) is 9.77. The summed E-state index contributed by atoms with van der Waals surface area (Å²) >= 11 is -1.88. The maximum Gasteiger partial charge on any atom is 0.232 e. The van der Waals surface area contributed by atoms with E-state index in [1.54, 1.807) is 10.8 Å². The molecule has 0 bridgehead atoms. The van der Waals surface area contributed by atoms with Gasteiger partial charge in [-0.15, -0.1) is 0 Å². The lowest BCUT2D eigenvalue weighted by Gasteiger charge is -2.05. The molecule has 2 atom stereocenters. The van der Waals surface area contributed by atoms with Crippen molar-refractivity contribution in [3.05, 3.63) is 0 Å². The number of hydrogen-bond donors (Lipinski definition) is 2. The van der Waals surface area contributed by atoms with Crippen LogP contribution in [-0.2, 0) is 11.3 Å². The van der Waals surface area contributed by atoms with Gasteiger partial charge in [0.05, 0.1) is 5.37 Å². The Kier molecular flexibility index (Phi) is 6.02. The van der Waals surface area contributed by atoms with Crippen LogP contribution >= 0.6 is 21.6 Å². The molecule has 0 fully saturated rings. The van der Waals surface area contributed by atoms with E-state index in [4.69, 9.17) is 4.55 Å². The maximum atomic E-state index is 10.1. The Bertz CT molecular complexity index is 99.1. The van der Waals surface area contributed by atoms with Gasteiger partial charge in [-0.2, -0.15) is 0 Å². The summed E-state index contributed by atoms with van der Waals surface area (Å²) in [4.78, 5) is 0. The highest BCUT2D eigenvalue weighted by molar-refractivity contribution is 8.76. The molecule has 0 aliphatic heterocycles. The Hall–Kier alpha value is 0.770. The van der Waals surface area contributed by atoms with Crippen molar-refractivity contribution < 1.29 is 8.76 Å². The van der Waals surface area contributed by atoms with E-state index in [1.807, 2.05) is 13.2 Å². The molecule has 0 saturated carbocycles. The molecule has 3 nitrogen and oxygen atoms in total. The summed E-state index contributed by atoms with van der Waals surface area (Å²) in [5.74, 6) is 0. The van der Waals surface area contributed by atoms with Crippen molar-refractivity contribution in [2.45, 2.75) is 12.3 Å². The minimum absolute atomic E-state index is 0.0193. The first-order chi connectivity index (χ1) is 4.16. The van der Waals surface area contributed by atoms with Crippen molar-refractivity contribution >= 4 is 32.9 Å². The van der Waals surface area contributed by atoms with Gasteiger partial charge in [-0.3, -0.25) is 4.55 Å². The lowest BCUT2D eigenvalue weighted by atomic mass is 10.8. The third-order valence-electron chi connectivity index (χ3n) is 0.507. The van der Waals surface area contributed by atoms with Gasteiger partial charge in [0.25, 0.3) is 0 Å². The van der Waals surface area contributed by atoms with E-state index in [0.717, 1.165) is 0 Å². The molecule has 0 heterocycles. The molecule has 6 heteroatoms. The Labute approximate surface area is 65.2 Å². The first-order valence-electron chi connectivity index (χ1n) is 2.23. The van der Waals surface area contributed by atoms with E-state index in [9.17, 15) is 4.21 Å². The molecular weight excluding hydrogens is 178 g/mol. The third kappa shape index (κ3) is 6.66. The topological polar surface area (TPSA) is 49.3 Å². The lowest BCUT2D eigenvalue weighted by molar-refractivity contribution is 0.549. The fraction of sp³-hybridized carbons (Fsp3) is 1.00. The van der Waals surface area contributed by atoms with Crippen LogP contribution in [0.5, 0.6) is 0 Å². The molecule has 0 rings (SSSR count). The molecule has 56 valence electrons. The van der Waals surface area contributed by atoms with Crippen LogP contribution in [0.4, 0.5) is 0 Å². The van der Waals surface area contributed by atoms with Gasteiger partial charge in [0.15, 0.2) is 0 Å². The van der Waals surface area contributed by atoms with Gasteiger partial charge in [0, 0.05) is 0 Å². The molecule has 0 aromatic carbocycles. The van der Waals surface area contributed by atoms with E-state index < -0.39 is 11.3 Å². The van der Waals surface area contributed by atoms with Gasteiger partial charge in [0.1, 0.15) is 0 Å². The van der Waals surface area contributed by atoms with E-state index in [2.05, 4.69) is 4.72 Å². The molecule has 9 heavy (non-hydrogen) atoms. The second kappa shape index (κ2) is 5.55. The van der Waals surface area contributed by atoms with Gasteiger partial charge < -0.3 is 0 Å². The molecule has 2 unspecified atom stereocenters. The Balaban J connectivity index is 3.26. The van der Waals surface area contributed by atoms with Gasteiger partial charge in [0.2, 0.25) is 11.3 Å². The zero-order valence-electron chi connectivity index (χ0n) is 5.16. The van der Waals surface area contributed by atoms with Crippen molar-refractivity contribution in [2.24, 2.45) is 0 Å². The van der Waals surface area contributed by atoms with Crippen molar-refractivity contribution in [3.63, 3.8) is 0 Å². The standard InChI is InChI=1S/C3H9NO2S3/c1-3(8-7-2)4-9(5)6/h3-4H,1-2H3,(H,5,6). The predicted molar refractivity (Wildman–Crippen MR) is 44.5 cm³/mol. The van der Waals surface area contributed by atoms with E-state index >= 15 is 0 Å². The summed E-state index contributed by atoms with van der Waals surface area (Å²) < 4.78 is 20.8. The third-order valence-corrected chi connectivity index (χ3v) is 3.25. The summed E-state index contributed by atoms with van der Waals surface area (Å²) in [7, 11) is 3.07. The predicted octanol–water partition coefficient (Wildman–Crippen LogP) is 1.07. The summed E-state index contributed by atoms with van der Waals surface area (Å²) in [6.45, 7) is 1.83. The normalized spacial score (nSPS) is 17.2. The minimum Gasteiger partial charge on any atom is -0.294 e. The van der Waals surface area contributed by atoms with Crippen molar-refractivity contribution in [3.8, 4) is 0 Å². The number of rotatable bonds is 4. The van der Waals surface area contributed by atoms with E-state index in [-0.39, 0.29) is 5.37 Å². The maximum absolute atomic E-state index is 10.1. The molecule has 2 N–H and O–H groups in total. The summed E-state index contributed by atoms with van der Waals surface area (Å²) in [5.41, 5.74) is 0. The average Bonchev–Trinajstić information content (AvgIpc) is 1.63. The number of nitrogens with one attached hydrogen (secondary N) is 1. The fourth-order valence-electron chi connectivity index (χ4n) is 0.306. The Morgan fingerprint density at radius 1 is 1.78 bits per heavy atom. The monoisotopic (exact) mass is 187 g/mol. The van der Waals surface area contributed by atoms with Crippen LogP contribution in [0.15, 0.2) is 0 Å². The SMILES string of the molecule is CSSC(C)NS(=O)O. The first-order valence-corrected chi connectivity index (χ1v) is 5.96. The average molecular weight is 187 g/mol. The number of hydrogen-bond acceptors (Lipinski definition) is 3. The van der Waals surface area contributed by atoms with Crippen molar-refractivity contribution in [2.75, 3.05) is 6.26 Å². The van der Waals surface area contributed by atoms with E-state index in [0.29, 0.717) is 0 Å². The minimum atomic E-state index is -1.88. The Morgan fingerprint density at radius 3 is 2.67 bits per heavy atom. The zero-order valence-corrected chi connectivity index (χ0v) is 7.61. The van der Waals surface area contributed by atoms with Crippen LogP contribution in [0.25, 0.3) is 0 Å². The largest absolute Gasteiger partial charge is 0.294 e. The van der Waals surface area contributed by atoms with Crippen LogP contribution in [0, 0.1) is 0 Å². The van der Waals surface area contributed by atoms with Crippen molar-refractivity contribution in [1.82, 2.24) is 4.72 Å². The van der Waals surface area contributed by atoms with Crippen molar-refractivity contribution in [1.29, 1.82) is 0 Å². The summed E-state index contributed by atoms with van der Waals surface area (Å²) in [6, 6.07) is 0. The summed E-state index contributed by atoms with van der Waals surface area (Å²) in [5, 5.41) is 0.0193. The molecule has 0 aromatic heterocycles. The molecular formula is C3H9NO2S3. The lowest BCUT2D eigenvalue weighted by Crippen LogP contribution is -2.23. The van der Waals surface area contributed by atoms with Crippen LogP contribution in [-0.4, -0.2) is 20.4 Å². The molecule has 0 spiro atoms. The molecule has 0 aromatic rings. The fourth-order valence-corrected chi connectivity index (χ4v) is 2.50. The molecule has 0 aliphatic carbocycles. The van der Waals surface area contributed by atoms with Gasteiger partial charge in [-0.25, -0.2) is 8.93 Å². The quantitative estimate of drug-likeness (QED) is 0.393. The molecule has 0 amide bonds. The smallest absolute Gasteiger partial charge is 0.232 e. The Morgan fingerprint density at radius 2 is 2.33 bits per heavy atom. The second-order valence-electron chi connectivity index (χ2n) is 1.27. The highest BCUT2D eigenvalue weighted by Crippen LogP contribution is 2.20. The van der Waals surface area contributed by atoms with Gasteiger partial charge >= 0.3 is 0 Å². The van der Waals surface area contributed by atoms with Crippen LogP contribution in [0.2, 0.25) is 0 Å².